The summed E-state index contributed by atoms with van der Waals surface area (Å²) in [5, 5.41) is 0. The third-order valence-electron chi connectivity index (χ3n) is 3.63. The van der Waals surface area contributed by atoms with E-state index in [2.05, 4.69) is 39.3 Å². The number of hydrazine groups is 1. The molecule has 2 unspecified atom stereocenters. The van der Waals surface area contributed by atoms with Crippen molar-refractivity contribution in [3.8, 4) is 0 Å². The largest absolute Gasteiger partial charge is 0.304 e. The molecule has 2 atom stereocenters. The van der Waals surface area contributed by atoms with E-state index in [1.165, 1.54) is 0 Å². The van der Waals surface area contributed by atoms with E-state index in [0.29, 0.717) is 6.04 Å². The van der Waals surface area contributed by atoms with Gasteiger partial charge < -0.3 is 9.80 Å². The Labute approximate surface area is 108 Å². The van der Waals surface area contributed by atoms with Gasteiger partial charge in [-0.3, -0.25) is 21.2 Å². The molecule has 0 radical (unpaired) electrons. The molecule has 3 N–H and O–H groups in total. The van der Waals surface area contributed by atoms with Crippen LogP contribution in [0, 0.1) is 0 Å². The van der Waals surface area contributed by atoms with Gasteiger partial charge in [0.15, 0.2) is 0 Å². The number of hydrogen-bond acceptors (Lipinski definition) is 6. The molecule has 0 aliphatic carbocycles. The Bertz CT molecular complexity index is 357. The van der Waals surface area contributed by atoms with Crippen LogP contribution in [0.3, 0.4) is 0 Å². The second-order valence-corrected chi connectivity index (χ2v) is 4.98. The van der Waals surface area contributed by atoms with Crippen LogP contribution in [0.4, 0.5) is 0 Å². The minimum atomic E-state index is 0.0534. The van der Waals surface area contributed by atoms with Crippen molar-refractivity contribution in [3.63, 3.8) is 0 Å². The molecular weight excluding hydrogens is 228 g/mol. The second-order valence-electron chi connectivity index (χ2n) is 4.98. The van der Waals surface area contributed by atoms with Gasteiger partial charge in [0, 0.05) is 38.1 Å². The van der Waals surface area contributed by atoms with E-state index in [1.54, 1.807) is 18.6 Å². The van der Waals surface area contributed by atoms with Gasteiger partial charge in [-0.25, -0.2) is 0 Å². The van der Waals surface area contributed by atoms with Crippen LogP contribution in [0.2, 0.25) is 0 Å². The summed E-state index contributed by atoms with van der Waals surface area (Å²) >= 11 is 0. The van der Waals surface area contributed by atoms with Gasteiger partial charge >= 0.3 is 0 Å². The Morgan fingerprint density at radius 2 is 2.28 bits per heavy atom. The van der Waals surface area contributed by atoms with Gasteiger partial charge in [-0.05, 0) is 20.5 Å². The Kier molecular flexibility index (Phi) is 4.60. The van der Waals surface area contributed by atoms with Gasteiger partial charge in [0.2, 0.25) is 0 Å². The Morgan fingerprint density at radius 1 is 1.44 bits per heavy atom. The van der Waals surface area contributed by atoms with Gasteiger partial charge in [0.1, 0.15) is 0 Å². The fourth-order valence-electron chi connectivity index (χ4n) is 2.39. The highest BCUT2D eigenvalue weighted by atomic mass is 15.3. The van der Waals surface area contributed by atoms with Gasteiger partial charge in [-0.2, -0.15) is 0 Å². The highest BCUT2D eigenvalue weighted by Crippen LogP contribution is 2.19. The Hall–Kier alpha value is -1.08. The van der Waals surface area contributed by atoms with Crippen molar-refractivity contribution in [2.45, 2.75) is 18.5 Å². The number of hydrogen-bond donors (Lipinski definition) is 2. The SMILES string of the molecule is CN1CCN(C)C(CC(NN)c2cnccn2)C1. The van der Waals surface area contributed by atoms with Gasteiger partial charge in [0.25, 0.3) is 0 Å². The van der Waals surface area contributed by atoms with Crippen LogP contribution >= 0.6 is 0 Å². The molecule has 100 valence electrons. The first-order valence-electron chi connectivity index (χ1n) is 6.31. The molecule has 1 saturated heterocycles. The number of nitrogens with two attached hydrogens (primary N) is 1. The molecule has 1 aliphatic rings. The van der Waals surface area contributed by atoms with Crippen molar-refractivity contribution < 1.29 is 0 Å². The van der Waals surface area contributed by atoms with E-state index < -0.39 is 0 Å². The van der Waals surface area contributed by atoms with Crippen molar-refractivity contribution in [2.75, 3.05) is 33.7 Å². The van der Waals surface area contributed by atoms with E-state index in [9.17, 15) is 0 Å². The predicted molar refractivity (Wildman–Crippen MR) is 70.6 cm³/mol. The van der Waals surface area contributed by atoms with E-state index in [1.807, 2.05) is 0 Å². The van der Waals surface area contributed by atoms with Crippen molar-refractivity contribution in [3.05, 3.63) is 24.3 Å². The van der Waals surface area contributed by atoms with Gasteiger partial charge in [-0.15, -0.1) is 0 Å². The fraction of sp³-hybridized carbons (Fsp3) is 0.667. The second kappa shape index (κ2) is 6.19. The van der Waals surface area contributed by atoms with Crippen molar-refractivity contribution in [2.24, 2.45) is 5.84 Å². The van der Waals surface area contributed by atoms with Crippen molar-refractivity contribution in [1.82, 2.24) is 25.2 Å². The zero-order chi connectivity index (χ0) is 13.0. The maximum absolute atomic E-state index is 5.65. The van der Waals surface area contributed by atoms with Crippen LogP contribution in [-0.4, -0.2) is 59.5 Å². The van der Waals surface area contributed by atoms with E-state index in [-0.39, 0.29) is 6.04 Å². The first-order chi connectivity index (χ1) is 8.70. The summed E-state index contributed by atoms with van der Waals surface area (Å²) < 4.78 is 0. The lowest BCUT2D eigenvalue weighted by Crippen LogP contribution is -2.51. The van der Waals surface area contributed by atoms with Gasteiger partial charge in [-0.1, -0.05) is 0 Å². The van der Waals surface area contributed by atoms with E-state index in [4.69, 9.17) is 5.84 Å². The highest BCUT2D eigenvalue weighted by Gasteiger charge is 2.26. The Balaban J connectivity index is 2.01. The molecule has 0 saturated carbocycles. The zero-order valence-electron chi connectivity index (χ0n) is 11.1. The third kappa shape index (κ3) is 3.23. The number of nitrogens with one attached hydrogen (secondary N) is 1. The predicted octanol–water partition coefficient (Wildman–Crippen LogP) is -0.383. The van der Waals surface area contributed by atoms with Crippen LogP contribution in [0.15, 0.2) is 18.6 Å². The van der Waals surface area contributed by atoms with Crippen LogP contribution in [0.5, 0.6) is 0 Å². The number of rotatable bonds is 4. The maximum Gasteiger partial charge on any atom is 0.0770 e. The van der Waals surface area contributed by atoms with Crippen LogP contribution < -0.4 is 11.3 Å². The van der Waals surface area contributed by atoms with Crippen LogP contribution in [0.25, 0.3) is 0 Å². The molecule has 0 aromatic carbocycles. The lowest BCUT2D eigenvalue weighted by atomic mass is 10.0. The maximum atomic E-state index is 5.65. The van der Waals surface area contributed by atoms with Crippen LogP contribution in [0.1, 0.15) is 18.2 Å². The molecule has 6 nitrogen and oxygen atoms in total. The summed E-state index contributed by atoms with van der Waals surface area (Å²) in [7, 11) is 4.33. The lowest BCUT2D eigenvalue weighted by molar-refractivity contribution is 0.101. The standard InChI is InChI=1S/C12H22N6/c1-17-5-6-18(2)10(9-17)7-11(16-13)12-8-14-3-4-15-12/h3-4,8,10-11,16H,5-7,9,13H2,1-2H3. The summed E-state index contributed by atoms with van der Waals surface area (Å²) in [6.45, 7) is 3.28. The summed E-state index contributed by atoms with van der Waals surface area (Å²) in [4.78, 5) is 13.2. The molecule has 1 aromatic rings. The molecule has 0 bridgehead atoms. The summed E-state index contributed by atoms with van der Waals surface area (Å²) in [6.07, 6.45) is 6.10. The molecule has 2 rings (SSSR count). The molecule has 6 heteroatoms. The summed E-state index contributed by atoms with van der Waals surface area (Å²) in [5.74, 6) is 5.65. The number of aromatic nitrogens is 2. The van der Waals surface area contributed by atoms with E-state index in [0.717, 1.165) is 31.7 Å². The highest BCUT2D eigenvalue weighted by molar-refractivity contribution is 5.03. The molecule has 1 aromatic heterocycles. The van der Waals surface area contributed by atoms with Gasteiger partial charge in [0.05, 0.1) is 17.9 Å². The average Bonchev–Trinajstić information content (AvgIpc) is 2.41. The first kappa shape index (κ1) is 13.4. The number of nitrogens with zero attached hydrogens (tertiary/aromatic N) is 4. The summed E-state index contributed by atoms with van der Waals surface area (Å²) in [6, 6.07) is 0.546. The normalized spacial score (nSPS) is 24.1. The third-order valence-corrected chi connectivity index (χ3v) is 3.63. The quantitative estimate of drug-likeness (QED) is 0.560. The molecule has 1 fully saturated rings. The number of likely N-dealkylation sites (N-methyl/N-ethyl adjacent to an activating group) is 2. The molecule has 0 spiro atoms. The lowest BCUT2D eigenvalue weighted by Gasteiger charge is -2.39. The summed E-state index contributed by atoms with van der Waals surface area (Å²) in [5.41, 5.74) is 3.76. The van der Waals surface area contributed by atoms with Crippen molar-refractivity contribution >= 4 is 0 Å². The first-order valence-corrected chi connectivity index (χ1v) is 6.31. The van der Waals surface area contributed by atoms with Crippen molar-refractivity contribution in [1.29, 1.82) is 0 Å². The molecule has 2 heterocycles. The topological polar surface area (TPSA) is 70.3 Å². The molecular formula is C12H22N6. The molecule has 1 aliphatic heterocycles. The smallest absolute Gasteiger partial charge is 0.0770 e. The van der Waals surface area contributed by atoms with Crippen LogP contribution in [-0.2, 0) is 0 Å². The number of piperazine rings is 1. The molecule has 18 heavy (non-hydrogen) atoms. The Morgan fingerprint density at radius 3 is 2.94 bits per heavy atom. The minimum absolute atomic E-state index is 0.0534. The average molecular weight is 250 g/mol. The monoisotopic (exact) mass is 250 g/mol. The molecule has 0 amide bonds. The zero-order valence-corrected chi connectivity index (χ0v) is 11.1. The minimum Gasteiger partial charge on any atom is -0.304 e. The fourth-order valence-corrected chi connectivity index (χ4v) is 2.39. The van der Waals surface area contributed by atoms with E-state index >= 15 is 0 Å².